The van der Waals surface area contributed by atoms with Gasteiger partial charge in [-0.2, -0.15) is 5.10 Å². The molecule has 1 aromatic heterocycles. The number of hydrogen-bond acceptors (Lipinski definition) is 5. The number of benzene rings is 2. The van der Waals surface area contributed by atoms with Gasteiger partial charge in [-0.25, -0.2) is 9.67 Å². The van der Waals surface area contributed by atoms with E-state index in [0.717, 1.165) is 11.3 Å². The molecule has 1 N–H and O–H groups in total. The lowest BCUT2D eigenvalue weighted by Gasteiger charge is -2.10. The van der Waals surface area contributed by atoms with E-state index in [1.807, 2.05) is 30.3 Å². The SMILES string of the molecule is COc1ccc(CCNC(=O)c2ccc(-n3cncn3)cc2)cc1OC. The summed E-state index contributed by atoms with van der Waals surface area (Å²) in [5.41, 5.74) is 2.51. The Bertz CT molecular complexity index is 861. The Morgan fingerprint density at radius 1 is 1.08 bits per heavy atom. The van der Waals surface area contributed by atoms with E-state index in [1.54, 1.807) is 37.4 Å². The quantitative estimate of drug-likeness (QED) is 0.706. The van der Waals surface area contributed by atoms with Gasteiger partial charge in [0.15, 0.2) is 11.5 Å². The molecule has 0 fully saturated rings. The van der Waals surface area contributed by atoms with E-state index in [9.17, 15) is 4.79 Å². The summed E-state index contributed by atoms with van der Waals surface area (Å²) in [5, 5.41) is 6.98. The van der Waals surface area contributed by atoms with Crippen LogP contribution in [-0.4, -0.2) is 41.4 Å². The van der Waals surface area contributed by atoms with Crippen LogP contribution in [0.4, 0.5) is 0 Å². The fourth-order valence-electron chi connectivity index (χ4n) is 2.57. The van der Waals surface area contributed by atoms with E-state index in [0.29, 0.717) is 30.0 Å². The molecule has 1 amide bonds. The summed E-state index contributed by atoms with van der Waals surface area (Å²) in [6, 6.07) is 12.9. The number of hydrogen-bond donors (Lipinski definition) is 1. The Hall–Kier alpha value is -3.35. The first-order chi connectivity index (χ1) is 12.7. The summed E-state index contributed by atoms with van der Waals surface area (Å²) in [6.07, 6.45) is 3.77. The molecule has 26 heavy (non-hydrogen) atoms. The van der Waals surface area contributed by atoms with Crippen LogP contribution in [0.1, 0.15) is 15.9 Å². The van der Waals surface area contributed by atoms with Gasteiger partial charge in [0.1, 0.15) is 12.7 Å². The molecule has 0 atom stereocenters. The van der Waals surface area contributed by atoms with Crippen LogP contribution in [-0.2, 0) is 6.42 Å². The standard InChI is InChI=1S/C19H20N4O3/c1-25-17-8-3-14(11-18(17)26-2)9-10-21-19(24)15-4-6-16(7-5-15)23-13-20-12-22-23/h3-8,11-13H,9-10H2,1-2H3,(H,21,24). The third kappa shape index (κ3) is 4.00. The van der Waals surface area contributed by atoms with Crippen molar-refractivity contribution in [2.24, 2.45) is 0 Å². The van der Waals surface area contributed by atoms with E-state index in [2.05, 4.69) is 15.4 Å². The van der Waals surface area contributed by atoms with Crippen molar-refractivity contribution >= 4 is 5.91 Å². The lowest BCUT2D eigenvalue weighted by atomic mass is 10.1. The topological polar surface area (TPSA) is 78.3 Å². The second-order valence-corrected chi connectivity index (χ2v) is 5.58. The van der Waals surface area contributed by atoms with Crippen molar-refractivity contribution in [3.05, 3.63) is 66.2 Å². The minimum atomic E-state index is -0.115. The van der Waals surface area contributed by atoms with E-state index in [4.69, 9.17) is 9.47 Å². The minimum absolute atomic E-state index is 0.115. The third-order valence-electron chi connectivity index (χ3n) is 3.96. The largest absolute Gasteiger partial charge is 0.493 e. The van der Waals surface area contributed by atoms with Gasteiger partial charge in [-0.05, 0) is 48.4 Å². The van der Waals surface area contributed by atoms with Gasteiger partial charge in [-0.3, -0.25) is 4.79 Å². The summed E-state index contributed by atoms with van der Waals surface area (Å²) in [5.74, 6) is 1.25. The number of rotatable bonds is 7. The lowest BCUT2D eigenvalue weighted by Crippen LogP contribution is -2.25. The van der Waals surface area contributed by atoms with Crippen molar-refractivity contribution in [2.75, 3.05) is 20.8 Å². The van der Waals surface area contributed by atoms with Crippen LogP contribution in [0, 0.1) is 0 Å². The highest BCUT2D eigenvalue weighted by atomic mass is 16.5. The molecule has 7 heteroatoms. The normalized spacial score (nSPS) is 10.4. The third-order valence-corrected chi connectivity index (χ3v) is 3.96. The van der Waals surface area contributed by atoms with Gasteiger partial charge < -0.3 is 14.8 Å². The first-order valence-electron chi connectivity index (χ1n) is 8.15. The average Bonchev–Trinajstić information content (AvgIpc) is 3.22. The first kappa shape index (κ1) is 17.5. The first-order valence-corrected chi connectivity index (χ1v) is 8.15. The van der Waals surface area contributed by atoms with Crippen LogP contribution in [0.5, 0.6) is 11.5 Å². The molecule has 3 aromatic rings. The van der Waals surface area contributed by atoms with Crippen LogP contribution < -0.4 is 14.8 Å². The maximum atomic E-state index is 12.3. The molecule has 3 rings (SSSR count). The molecular weight excluding hydrogens is 332 g/mol. The van der Waals surface area contributed by atoms with Gasteiger partial charge in [0.05, 0.1) is 19.9 Å². The van der Waals surface area contributed by atoms with Crippen molar-refractivity contribution in [1.29, 1.82) is 0 Å². The van der Waals surface area contributed by atoms with Gasteiger partial charge >= 0.3 is 0 Å². The molecule has 0 spiro atoms. The molecular formula is C19H20N4O3. The van der Waals surface area contributed by atoms with E-state index in [-0.39, 0.29) is 5.91 Å². The monoisotopic (exact) mass is 352 g/mol. The molecule has 0 bridgehead atoms. The number of nitrogens with zero attached hydrogens (tertiary/aromatic N) is 3. The van der Waals surface area contributed by atoms with Crippen molar-refractivity contribution < 1.29 is 14.3 Å². The molecule has 134 valence electrons. The zero-order chi connectivity index (χ0) is 18.4. The molecule has 0 radical (unpaired) electrons. The van der Waals surface area contributed by atoms with E-state index < -0.39 is 0 Å². The summed E-state index contributed by atoms with van der Waals surface area (Å²) in [7, 11) is 3.21. The van der Waals surface area contributed by atoms with E-state index >= 15 is 0 Å². The predicted molar refractivity (Wildman–Crippen MR) is 96.9 cm³/mol. The van der Waals surface area contributed by atoms with Gasteiger partial charge in [0.25, 0.3) is 5.91 Å². The zero-order valence-electron chi connectivity index (χ0n) is 14.7. The average molecular weight is 352 g/mol. The number of carbonyl (C=O) groups excluding carboxylic acids is 1. The number of ether oxygens (including phenoxy) is 2. The summed E-state index contributed by atoms with van der Waals surface area (Å²) < 4.78 is 12.2. The highest BCUT2D eigenvalue weighted by Crippen LogP contribution is 2.27. The Morgan fingerprint density at radius 2 is 1.85 bits per heavy atom. The van der Waals surface area contributed by atoms with Crippen molar-refractivity contribution in [3.63, 3.8) is 0 Å². The van der Waals surface area contributed by atoms with Crippen molar-refractivity contribution in [1.82, 2.24) is 20.1 Å². The van der Waals surface area contributed by atoms with Gasteiger partial charge in [0, 0.05) is 12.1 Å². The van der Waals surface area contributed by atoms with Crippen LogP contribution in [0.2, 0.25) is 0 Å². The highest BCUT2D eigenvalue weighted by molar-refractivity contribution is 5.94. The van der Waals surface area contributed by atoms with Gasteiger partial charge in [-0.1, -0.05) is 6.07 Å². The van der Waals surface area contributed by atoms with Gasteiger partial charge in [0.2, 0.25) is 0 Å². The molecule has 1 heterocycles. The molecule has 0 saturated carbocycles. The fraction of sp³-hybridized carbons (Fsp3) is 0.211. The highest BCUT2D eigenvalue weighted by Gasteiger charge is 2.07. The van der Waals surface area contributed by atoms with Crippen molar-refractivity contribution in [2.45, 2.75) is 6.42 Å². The number of amides is 1. The number of methoxy groups -OCH3 is 2. The zero-order valence-corrected chi connectivity index (χ0v) is 14.7. The van der Waals surface area contributed by atoms with Gasteiger partial charge in [-0.15, -0.1) is 0 Å². The van der Waals surface area contributed by atoms with Crippen molar-refractivity contribution in [3.8, 4) is 17.2 Å². The molecule has 0 aliphatic carbocycles. The second kappa shape index (κ2) is 8.15. The molecule has 0 aliphatic rings. The Kier molecular flexibility index (Phi) is 5.48. The molecule has 0 saturated heterocycles. The number of carbonyl (C=O) groups is 1. The Balaban J connectivity index is 1.56. The summed E-state index contributed by atoms with van der Waals surface area (Å²) in [4.78, 5) is 16.2. The Labute approximate surface area is 151 Å². The molecule has 2 aromatic carbocycles. The molecule has 0 aliphatic heterocycles. The lowest BCUT2D eigenvalue weighted by molar-refractivity contribution is 0.0954. The maximum Gasteiger partial charge on any atom is 0.251 e. The van der Waals surface area contributed by atoms with Crippen LogP contribution in [0.25, 0.3) is 5.69 Å². The summed E-state index contributed by atoms with van der Waals surface area (Å²) >= 11 is 0. The summed E-state index contributed by atoms with van der Waals surface area (Å²) in [6.45, 7) is 0.527. The fourth-order valence-corrected chi connectivity index (χ4v) is 2.57. The number of aromatic nitrogens is 3. The minimum Gasteiger partial charge on any atom is -0.493 e. The maximum absolute atomic E-state index is 12.3. The van der Waals surface area contributed by atoms with Crippen LogP contribution >= 0.6 is 0 Å². The predicted octanol–water partition coefficient (Wildman–Crippen LogP) is 2.26. The molecule has 7 nitrogen and oxygen atoms in total. The second-order valence-electron chi connectivity index (χ2n) is 5.58. The van der Waals surface area contributed by atoms with Crippen LogP contribution in [0.3, 0.4) is 0 Å². The Morgan fingerprint density at radius 3 is 2.50 bits per heavy atom. The number of nitrogens with one attached hydrogen (secondary N) is 1. The molecule has 0 unspecified atom stereocenters. The van der Waals surface area contributed by atoms with E-state index in [1.165, 1.54) is 6.33 Å². The smallest absolute Gasteiger partial charge is 0.251 e. The van der Waals surface area contributed by atoms with Crippen LogP contribution in [0.15, 0.2) is 55.1 Å².